The van der Waals surface area contributed by atoms with E-state index in [2.05, 4.69) is 5.32 Å². The summed E-state index contributed by atoms with van der Waals surface area (Å²) >= 11 is 0. The minimum atomic E-state index is -1.10. The molecule has 0 aliphatic rings. The number of nitrogens with one attached hydrogen (secondary N) is 1. The highest BCUT2D eigenvalue weighted by Gasteiger charge is 2.15. The van der Waals surface area contributed by atoms with Gasteiger partial charge in [-0.1, -0.05) is 0 Å². The van der Waals surface area contributed by atoms with E-state index in [1.165, 1.54) is 7.11 Å². The van der Waals surface area contributed by atoms with Gasteiger partial charge in [0.1, 0.15) is 17.7 Å². The number of rotatable bonds is 5. The van der Waals surface area contributed by atoms with Gasteiger partial charge in [0.25, 0.3) is 0 Å². The maximum absolute atomic E-state index is 13.7. The Kier molecular flexibility index (Phi) is 4.37. The van der Waals surface area contributed by atoms with Gasteiger partial charge in [-0.05, 0) is 25.2 Å². The van der Waals surface area contributed by atoms with Crippen molar-refractivity contribution in [1.29, 1.82) is 0 Å². The Morgan fingerprint density at radius 1 is 1.33 bits per heavy atom. The maximum atomic E-state index is 13.7. The van der Waals surface area contributed by atoms with E-state index >= 15 is 0 Å². The van der Waals surface area contributed by atoms with Gasteiger partial charge in [0.15, 0.2) is 0 Å². The first-order valence-electron chi connectivity index (χ1n) is 4.73. The largest absolute Gasteiger partial charge is 0.497 e. The number of benzene rings is 1. The summed E-state index contributed by atoms with van der Waals surface area (Å²) in [5, 5.41) is 2.78. The van der Waals surface area contributed by atoms with E-state index < -0.39 is 6.17 Å². The molecule has 0 aliphatic heterocycles. The lowest BCUT2D eigenvalue weighted by Gasteiger charge is -2.13. The molecule has 0 aliphatic carbocycles. The predicted molar refractivity (Wildman–Crippen MR) is 57.3 cm³/mol. The molecule has 15 heavy (non-hydrogen) atoms. The van der Waals surface area contributed by atoms with Crippen LogP contribution in [0.1, 0.15) is 11.7 Å². The molecule has 1 atom stereocenters. The highest BCUT2D eigenvalue weighted by molar-refractivity contribution is 5.41. The number of ether oxygens (including phenoxy) is 2. The monoisotopic (exact) mass is 213 g/mol. The molecule has 0 heterocycles. The van der Waals surface area contributed by atoms with Crippen LogP contribution >= 0.6 is 0 Å². The third kappa shape index (κ3) is 2.83. The Morgan fingerprint density at radius 2 is 2.07 bits per heavy atom. The first-order valence-corrected chi connectivity index (χ1v) is 4.73. The molecule has 0 fully saturated rings. The van der Waals surface area contributed by atoms with Crippen molar-refractivity contribution < 1.29 is 13.9 Å². The molecule has 1 aromatic rings. The summed E-state index contributed by atoms with van der Waals surface area (Å²) in [5.41, 5.74) is 0.506. The average Bonchev–Trinajstić information content (AvgIpc) is 2.28. The predicted octanol–water partition coefficient (Wildman–Crippen LogP) is 1.93. The Hall–Kier alpha value is -1.29. The quantitative estimate of drug-likeness (QED) is 0.810. The first-order chi connectivity index (χ1) is 7.22. The number of halogens is 1. The van der Waals surface area contributed by atoms with Gasteiger partial charge < -0.3 is 14.8 Å². The SMILES string of the molecule is CNCC(F)c1cc(OC)ccc1OC. The molecule has 0 bridgehead atoms. The molecule has 1 rings (SSSR count). The fourth-order valence-corrected chi connectivity index (χ4v) is 1.37. The Balaban J connectivity index is 3.00. The molecule has 0 aromatic heterocycles. The van der Waals surface area contributed by atoms with Crippen LogP contribution in [0.5, 0.6) is 11.5 Å². The van der Waals surface area contributed by atoms with Gasteiger partial charge in [0, 0.05) is 12.1 Å². The lowest BCUT2D eigenvalue weighted by molar-refractivity contribution is 0.315. The fourth-order valence-electron chi connectivity index (χ4n) is 1.37. The molecular formula is C11H16FNO2. The minimum absolute atomic E-state index is 0.253. The van der Waals surface area contributed by atoms with Crippen molar-refractivity contribution in [1.82, 2.24) is 5.32 Å². The zero-order chi connectivity index (χ0) is 11.3. The van der Waals surface area contributed by atoms with Crippen molar-refractivity contribution in [2.75, 3.05) is 27.8 Å². The van der Waals surface area contributed by atoms with E-state index in [9.17, 15) is 4.39 Å². The molecule has 0 saturated carbocycles. The van der Waals surface area contributed by atoms with Crippen molar-refractivity contribution in [3.05, 3.63) is 23.8 Å². The summed E-state index contributed by atoms with van der Waals surface area (Å²) in [7, 11) is 4.79. The summed E-state index contributed by atoms with van der Waals surface area (Å²) < 4.78 is 23.8. The van der Waals surface area contributed by atoms with Crippen molar-refractivity contribution in [2.45, 2.75) is 6.17 Å². The normalized spacial score (nSPS) is 12.3. The zero-order valence-corrected chi connectivity index (χ0v) is 9.21. The Morgan fingerprint density at radius 3 is 2.60 bits per heavy atom. The van der Waals surface area contributed by atoms with Crippen LogP contribution in [-0.4, -0.2) is 27.8 Å². The summed E-state index contributed by atoms with van der Waals surface area (Å²) in [4.78, 5) is 0. The molecule has 1 unspecified atom stereocenters. The number of hydrogen-bond acceptors (Lipinski definition) is 3. The van der Waals surface area contributed by atoms with Gasteiger partial charge in [-0.3, -0.25) is 0 Å². The van der Waals surface area contributed by atoms with Crippen LogP contribution in [0.3, 0.4) is 0 Å². The summed E-state index contributed by atoms with van der Waals surface area (Å²) in [5.74, 6) is 1.17. The lowest BCUT2D eigenvalue weighted by Crippen LogP contribution is -2.14. The summed E-state index contributed by atoms with van der Waals surface area (Å²) in [6.07, 6.45) is -1.10. The second-order valence-electron chi connectivity index (χ2n) is 3.13. The van der Waals surface area contributed by atoms with Crippen LogP contribution < -0.4 is 14.8 Å². The minimum Gasteiger partial charge on any atom is -0.497 e. The van der Waals surface area contributed by atoms with Crippen LogP contribution in [0.15, 0.2) is 18.2 Å². The van der Waals surface area contributed by atoms with Crippen LogP contribution in [0, 0.1) is 0 Å². The standard InChI is InChI=1S/C11H16FNO2/c1-13-7-10(12)9-6-8(14-2)4-5-11(9)15-3/h4-6,10,13H,7H2,1-3H3. The van der Waals surface area contributed by atoms with Gasteiger partial charge in [-0.15, -0.1) is 0 Å². The molecule has 4 heteroatoms. The van der Waals surface area contributed by atoms with E-state index in [-0.39, 0.29) is 6.54 Å². The van der Waals surface area contributed by atoms with E-state index in [1.807, 2.05) is 0 Å². The van der Waals surface area contributed by atoms with Crippen LogP contribution in [0.2, 0.25) is 0 Å². The van der Waals surface area contributed by atoms with Gasteiger partial charge in [0.05, 0.1) is 14.2 Å². The molecule has 0 radical (unpaired) electrons. The van der Waals surface area contributed by atoms with Crippen molar-refractivity contribution >= 4 is 0 Å². The molecule has 84 valence electrons. The van der Waals surface area contributed by atoms with Crippen LogP contribution in [0.4, 0.5) is 4.39 Å². The number of alkyl halides is 1. The van der Waals surface area contributed by atoms with Gasteiger partial charge in [0.2, 0.25) is 0 Å². The second kappa shape index (κ2) is 5.56. The highest BCUT2D eigenvalue weighted by Crippen LogP contribution is 2.30. The van der Waals surface area contributed by atoms with E-state index in [1.54, 1.807) is 32.4 Å². The second-order valence-corrected chi connectivity index (χ2v) is 3.13. The van der Waals surface area contributed by atoms with Crippen molar-refractivity contribution in [2.24, 2.45) is 0 Å². The molecule has 3 nitrogen and oxygen atoms in total. The molecule has 1 aromatic carbocycles. The lowest BCUT2D eigenvalue weighted by atomic mass is 10.1. The van der Waals surface area contributed by atoms with E-state index in [4.69, 9.17) is 9.47 Å². The molecule has 0 spiro atoms. The maximum Gasteiger partial charge on any atom is 0.141 e. The van der Waals surface area contributed by atoms with Gasteiger partial charge in [-0.2, -0.15) is 0 Å². The molecule has 1 N–H and O–H groups in total. The van der Waals surface area contributed by atoms with Crippen molar-refractivity contribution in [3.63, 3.8) is 0 Å². The number of hydrogen-bond donors (Lipinski definition) is 1. The summed E-state index contributed by atoms with van der Waals surface area (Å²) in [6, 6.07) is 5.10. The average molecular weight is 213 g/mol. The fraction of sp³-hybridized carbons (Fsp3) is 0.455. The zero-order valence-electron chi connectivity index (χ0n) is 9.21. The Bertz CT molecular complexity index is 317. The third-order valence-corrected chi connectivity index (χ3v) is 2.16. The van der Waals surface area contributed by atoms with Gasteiger partial charge >= 0.3 is 0 Å². The topological polar surface area (TPSA) is 30.5 Å². The molecular weight excluding hydrogens is 197 g/mol. The number of methoxy groups -OCH3 is 2. The van der Waals surface area contributed by atoms with E-state index in [0.717, 1.165) is 0 Å². The Labute approximate surface area is 89.2 Å². The van der Waals surface area contributed by atoms with Crippen LogP contribution in [0.25, 0.3) is 0 Å². The van der Waals surface area contributed by atoms with Crippen LogP contribution in [-0.2, 0) is 0 Å². The summed E-state index contributed by atoms with van der Waals surface area (Å²) in [6.45, 7) is 0.253. The van der Waals surface area contributed by atoms with Gasteiger partial charge in [-0.25, -0.2) is 4.39 Å². The molecule has 0 saturated heterocycles. The third-order valence-electron chi connectivity index (χ3n) is 2.16. The molecule has 0 amide bonds. The highest BCUT2D eigenvalue weighted by atomic mass is 19.1. The number of likely N-dealkylation sites (N-methyl/N-ethyl adjacent to an activating group) is 1. The smallest absolute Gasteiger partial charge is 0.141 e. The first kappa shape index (κ1) is 11.8. The van der Waals surface area contributed by atoms with E-state index in [0.29, 0.717) is 17.1 Å². The van der Waals surface area contributed by atoms with Crippen molar-refractivity contribution in [3.8, 4) is 11.5 Å².